The fourth-order valence-corrected chi connectivity index (χ4v) is 4.51. The van der Waals surface area contributed by atoms with Gasteiger partial charge in [0.15, 0.2) is 4.96 Å². The van der Waals surface area contributed by atoms with Gasteiger partial charge < -0.3 is 14.2 Å². The number of nitrogens with zero attached hydrogens (tertiary/aromatic N) is 2. The maximum Gasteiger partial charge on any atom is 0.274 e. The van der Waals surface area contributed by atoms with Gasteiger partial charge in [-0.1, -0.05) is 59.9 Å². The first-order valence-corrected chi connectivity index (χ1v) is 11.5. The third kappa shape index (κ3) is 4.74. The summed E-state index contributed by atoms with van der Waals surface area (Å²) in [6.45, 7) is 1.81. The molecule has 0 spiro atoms. The minimum absolute atomic E-state index is 0.0692. The molecule has 6 nitrogen and oxygen atoms in total. The Bertz CT molecular complexity index is 1480. The second-order valence-electron chi connectivity index (χ2n) is 7.29. The highest BCUT2D eigenvalue weighted by atomic mass is 32.1. The highest BCUT2D eigenvalue weighted by Gasteiger charge is 2.11. The van der Waals surface area contributed by atoms with Crippen LogP contribution in [-0.4, -0.2) is 35.8 Å². The summed E-state index contributed by atoms with van der Waals surface area (Å²) in [7, 11) is 0. The minimum atomic E-state index is -0.0692. The van der Waals surface area contributed by atoms with Crippen molar-refractivity contribution < 1.29 is 14.2 Å². The highest BCUT2D eigenvalue weighted by molar-refractivity contribution is 7.15. The van der Waals surface area contributed by atoms with Crippen molar-refractivity contribution >= 4 is 33.4 Å². The van der Waals surface area contributed by atoms with Crippen LogP contribution in [0.3, 0.4) is 0 Å². The van der Waals surface area contributed by atoms with Crippen molar-refractivity contribution in [3.05, 3.63) is 99.3 Å². The second-order valence-corrected chi connectivity index (χ2v) is 8.30. The van der Waals surface area contributed by atoms with Crippen molar-refractivity contribution in [3.63, 3.8) is 0 Å². The number of aromatic nitrogens is 2. The Labute approximate surface area is 194 Å². The molecule has 0 amide bonds. The molecular weight excluding hydrogens is 436 g/mol. The molecule has 0 aliphatic carbocycles. The molecule has 166 valence electrons. The lowest BCUT2D eigenvalue weighted by atomic mass is 10.2. The third-order valence-corrected chi connectivity index (χ3v) is 6.04. The SMILES string of the molecule is O=c1c(=Cc2ccccc2OCCOCCOc2ccccc2)sc2nc3ccccc3n12. The largest absolute Gasteiger partial charge is 0.491 e. The molecule has 0 aliphatic rings. The maximum atomic E-state index is 13.0. The maximum absolute atomic E-state index is 13.0. The van der Waals surface area contributed by atoms with Gasteiger partial charge in [0.1, 0.15) is 24.7 Å². The average Bonchev–Trinajstić information content (AvgIpc) is 3.36. The summed E-state index contributed by atoms with van der Waals surface area (Å²) in [6.07, 6.45) is 1.86. The monoisotopic (exact) mass is 458 g/mol. The predicted molar refractivity (Wildman–Crippen MR) is 130 cm³/mol. The molecule has 0 saturated heterocycles. The third-order valence-electron chi connectivity index (χ3n) is 5.08. The Morgan fingerprint density at radius 2 is 1.55 bits per heavy atom. The summed E-state index contributed by atoms with van der Waals surface area (Å²) < 4.78 is 19.4. The van der Waals surface area contributed by atoms with Crippen molar-refractivity contribution in [1.29, 1.82) is 0 Å². The van der Waals surface area contributed by atoms with E-state index in [0.717, 1.165) is 22.3 Å². The molecule has 0 radical (unpaired) electrons. The van der Waals surface area contributed by atoms with Gasteiger partial charge in [0.05, 0.1) is 28.8 Å². The van der Waals surface area contributed by atoms with E-state index < -0.39 is 0 Å². The molecule has 0 atom stereocenters. The number of imidazole rings is 1. The quantitative estimate of drug-likeness (QED) is 0.313. The summed E-state index contributed by atoms with van der Waals surface area (Å²) in [6, 6.07) is 25.0. The number of hydrogen-bond acceptors (Lipinski definition) is 6. The van der Waals surface area contributed by atoms with E-state index in [1.807, 2.05) is 84.9 Å². The Kier molecular flexibility index (Phi) is 6.32. The van der Waals surface area contributed by atoms with Crippen LogP contribution in [0, 0.1) is 0 Å². The fraction of sp³-hybridized carbons (Fsp3) is 0.154. The van der Waals surface area contributed by atoms with Crippen LogP contribution in [0.15, 0.2) is 83.7 Å². The van der Waals surface area contributed by atoms with Gasteiger partial charge in [-0.3, -0.25) is 4.79 Å². The normalized spacial score (nSPS) is 11.9. The van der Waals surface area contributed by atoms with Crippen molar-refractivity contribution in [2.24, 2.45) is 0 Å². The lowest BCUT2D eigenvalue weighted by molar-refractivity contribution is 0.0764. The van der Waals surface area contributed by atoms with Crippen LogP contribution in [-0.2, 0) is 4.74 Å². The van der Waals surface area contributed by atoms with E-state index in [4.69, 9.17) is 14.2 Å². The van der Waals surface area contributed by atoms with E-state index in [2.05, 4.69) is 4.98 Å². The van der Waals surface area contributed by atoms with E-state index >= 15 is 0 Å². The molecule has 0 saturated carbocycles. The fourth-order valence-electron chi connectivity index (χ4n) is 3.53. The first-order valence-electron chi connectivity index (χ1n) is 10.7. The predicted octanol–water partition coefficient (Wildman–Crippen LogP) is 3.93. The molecule has 2 aromatic heterocycles. The summed E-state index contributed by atoms with van der Waals surface area (Å²) in [5.41, 5.74) is 2.42. The number of benzene rings is 3. The molecule has 0 aliphatic heterocycles. The Morgan fingerprint density at radius 3 is 2.42 bits per heavy atom. The zero-order chi connectivity index (χ0) is 22.5. The number of hydrogen-bond donors (Lipinski definition) is 0. The summed E-state index contributed by atoms with van der Waals surface area (Å²) in [4.78, 5) is 18.3. The molecule has 7 heteroatoms. The van der Waals surface area contributed by atoms with Gasteiger partial charge in [-0.15, -0.1) is 0 Å². The van der Waals surface area contributed by atoms with Gasteiger partial charge in [0, 0.05) is 5.56 Å². The zero-order valence-electron chi connectivity index (χ0n) is 17.8. The van der Waals surface area contributed by atoms with Gasteiger partial charge in [-0.2, -0.15) is 0 Å². The van der Waals surface area contributed by atoms with E-state index in [9.17, 15) is 4.79 Å². The van der Waals surface area contributed by atoms with Gasteiger partial charge in [-0.25, -0.2) is 9.38 Å². The van der Waals surface area contributed by atoms with E-state index in [-0.39, 0.29) is 5.56 Å². The average molecular weight is 459 g/mol. The van der Waals surface area contributed by atoms with Gasteiger partial charge in [0.25, 0.3) is 5.56 Å². The Morgan fingerprint density at radius 1 is 0.818 bits per heavy atom. The smallest absolute Gasteiger partial charge is 0.274 e. The molecule has 3 aromatic carbocycles. The number of fused-ring (bicyclic) bond motifs is 3. The second kappa shape index (κ2) is 9.85. The van der Waals surface area contributed by atoms with Crippen molar-refractivity contribution in [2.45, 2.75) is 0 Å². The molecule has 0 N–H and O–H groups in total. The van der Waals surface area contributed by atoms with E-state index in [1.165, 1.54) is 11.3 Å². The first-order chi connectivity index (χ1) is 16.3. The van der Waals surface area contributed by atoms with Crippen LogP contribution < -0.4 is 19.6 Å². The van der Waals surface area contributed by atoms with Crippen molar-refractivity contribution in [3.8, 4) is 11.5 Å². The van der Waals surface area contributed by atoms with Gasteiger partial charge in [-0.05, 0) is 36.4 Å². The standard InChI is InChI=1S/C26H22N2O4S/c29-25-24(33-26-27-21-11-5-6-12-22(21)28(25)26)18-19-8-4-7-13-23(19)32-17-15-30-14-16-31-20-9-2-1-3-10-20/h1-13,18H,14-17H2. The highest BCUT2D eigenvalue weighted by Crippen LogP contribution is 2.20. The molecule has 5 rings (SSSR count). The summed E-state index contributed by atoms with van der Waals surface area (Å²) >= 11 is 1.38. The first kappa shape index (κ1) is 21.2. The number of ether oxygens (including phenoxy) is 3. The van der Waals surface area contributed by atoms with Crippen LogP contribution >= 0.6 is 11.3 Å². The lowest BCUT2D eigenvalue weighted by Gasteiger charge is -2.10. The van der Waals surface area contributed by atoms with Crippen LogP contribution in [0.1, 0.15) is 5.56 Å². The van der Waals surface area contributed by atoms with E-state index in [0.29, 0.717) is 41.7 Å². The van der Waals surface area contributed by atoms with Crippen molar-refractivity contribution in [1.82, 2.24) is 9.38 Å². The molecule has 0 fully saturated rings. The molecule has 2 heterocycles. The minimum Gasteiger partial charge on any atom is -0.491 e. The molecule has 0 unspecified atom stereocenters. The molecule has 33 heavy (non-hydrogen) atoms. The van der Waals surface area contributed by atoms with Crippen molar-refractivity contribution in [2.75, 3.05) is 26.4 Å². The van der Waals surface area contributed by atoms with E-state index in [1.54, 1.807) is 4.40 Å². The zero-order valence-corrected chi connectivity index (χ0v) is 18.7. The Balaban J connectivity index is 1.23. The number of thiazole rings is 1. The van der Waals surface area contributed by atoms with Crippen LogP contribution in [0.25, 0.3) is 22.1 Å². The number of para-hydroxylation sites is 4. The molecule has 0 bridgehead atoms. The molecule has 5 aromatic rings. The summed E-state index contributed by atoms with van der Waals surface area (Å²) in [5, 5.41) is 0. The van der Waals surface area contributed by atoms with Gasteiger partial charge >= 0.3 is 0 Å². The molecular formula is C26H22N2O4S. The topological polar surface area (TPSA) is 62.1 Å². The van der Waals surface area contributed by atoms with Crippen LogP contribution in [0.2, 0.25) is 0 Å². The summed E-state index contributed by atoms with van der Waals surface area (Å²) in [5.74, 6) is 1.53. The van der Waals surface area contributed by atoms with Crippen LogP contribution in [0.5, 0.6) is 11.5 Å². The van der Waals surface area contributed by atoms with Gasteiger partial charge in [0.2, 0.25) is 0 Å². The van der Waals surface area contributed by atoms with Crippen LogP contribution in [0.4, 0.5) is 0 Å². The lowest BCUT2D eigenvalue weighted by Crippen LogP contribution is -2.22. The Hall–Kier alpha value is -3.68. The number of rotatable bonds is 9.